The third-order valence-electron chi connectivity index (χ3n) is 4.67. The molecule has 1 fully saturated rings. The van der Waals surface area contributed by atoms with Gasteiger partial charge in [-0.1, -0.05) is 6.07 Å². The Morgan fingerprint density at radius 3 is 2.38 bits per heavy atom. The van der Waals surface area contributed by atoms with Gasteiger partial charge in [-0.25, -0.2) is 4.98 Å². The Bertz CT molecular complexity index is 958. The standard InChI is InChI=1S/C20H21N5O4/c21-17(22)11-3-6-13(7-4-11)24-19(28)14-10-15(14)20(29)25-18-12(2-1-9-23-18)5-8-16(26)27/h1-4,6-7,9,14-15H,5,8,10H2,(H3,21,22)(H,24,28)(H,26,27)(H,23,25,29)/t14?,15-/m0/s1. The summed E-state index contributed by atoms with van der Waals surface area (Å²) in [5.74, 6) is -2.13. The number of hydrogen-bond donors (Lipinski definition) is 5. The van der Waals surface area contributed by atoms with Crippen LogP contribution >= 0.6 is 0 Å². The number of nitrogens with one attached hydrogen (secondary N) is 3. The van der Waals surface area contributed by atoms with Crippen LogP contribution < -0.4 is 16.4 Å². The van der Waals surface area contributed by atoms with Gasteiger partial charge in [0.15, 0.2) is 0 Å². The molecule has 1 unspecified atom stereocenters. The van der Waals surface area contributed by atoms with Crippen LogP contribution in [0.5, 0.6) is 0 Å². The first kappa shape index (κ1) is 20.0. The fourth-order valence-corrected chi connectivity index (χ4v) is 2.95. The van der Waals surface area contributed by atoms with Crippen LogP contribution in [-0.2, 0) is 20.8 Å². The summed E-state index contributed by atoms with van der Waals surface area (Å²) in [5, 5.41) is 21.7. The molecule has 0 aliphatic heterocycles. The van der Waals surface area contributed by atoms with Gasteiger partial charge in [-0.2, -0.15) is 0 Å². The number of carbonyl (C=O) groups is 3. The second-order valence-corrected chi connectivity index (χ2v) is 6.82. The zero-order chi connectivity index (χ0) is 21.0. The summed E-state index contributed by atoms with van der Waals surface area (Å²) in [5.41, 5.74) is 7.15. The Labute approximate surface area is 166 Å². The average molecular weight is 395 g/mol. The Morgan fingerprint density at radius 1 is 1.10 bits per heavy atom. The molecule has 0 spiro atoms. The van der Waals surface area contributed by atoms with Gasteiger partial charge in [-0.3, -0.25) is 19.8 Å². The SMILES string of the molecule is N=C(N)c1ccc(NC(=O)C2C[C@@H]2C(=O)Nc2ncccc2CCC(=O)O)cc1. The maximum absolute atomic E-state index is 12.5. The number of benzene rings is 1. The van der Waals surface area contributed by atoms with E-state index in [-0.39, 0.29) is 30.5 Å². The van der Waals surface area contributed by atoms with Crippen molar-refractivity contribution >= 4 is 35.1 Å². The Kier molecular flexibility index (Phi) is 5.87. The minimum Gasteiger partial charge on any atom is -0.481 e. The molecule has 6 N–H and O–H groups in total. The van der Waals surface area contributed by atoms with Crippen LogP contribution in [0.3, 0.4) is 0 Å². The molecule has 3 rings (SSSR count). The summed E-state index contributed by atoms with van der Waals surface area (Å²) >= 11 is 0. The minimum atomic E-state index is -0.929. The number of pyridine rings is 1. The maximum atomic E-state index is 12.5. The van der Waals surface area contributed by atoms with Crippen molar-refractivity contribution in [1.29, 1.82) is 5.41 Å². The van der Waals surface area contributed by atoms with Gasteiger partial charge in [0.25, 0.3) is 0 Å². The molecule has 9 nitrogen and oxygen atoms in total. The molecule has 1 saturated carbocycles. The average Bonchev–Trinajstić information content (AvgIpc) is 3.49. The molecule has 2 atom stereocenters. The number of hydrogen-bond acceptors (Lipinski definition) is 5. The highest BCUT2D eigenvalue weighted by Gasteiger charge is 2.48. The number of amides is 2. The van der Waals surface area contributed by atoms with Crippen molar-refractivity contribution < 1.29 is 19.5 Å². The lowest BCUT2D eigenvalue weighted by molar-refractivity contribution is -0.137. The first-order chi connectivity index (χ1) is 13.8. The number of aromatic nitrogens is 1. The number of nitrogens with zero attached hydrogens (tertiary/aromatic N) is 1. The van der Waals surface area contributed by atoms with Gasteiger partial charge in [-0.15, -0.1) is 0 Å². The van der Waals surface area contributed by atoms with Crippen molar-refractivity contribution in [1.82, 2.24) is 4.98 Å². The van der Waals surface area contributed by atoms with Crippen molar-refractivity contribution in [3.05, 3.63) is 53.7 Å². The quantitative estimate of drug-likeness (QED) is 0.337. The highest BCUT2D eigenvalue weighted by Crippen LogP contribution is 2.40. The van der Waals surface area contributed by atoms with Gasteiger partial charge in [0.2, 0.25) is 11.8 Å². The van der Waals surface area contributed by atoms with Gasteiger partial charge >= 0.3 is 5.97 Å². The number of rotatable bonds is 8. The number of carbonyl (C=O) groups excluding carboxylic acids is 2. The lowest BCUT2D eigenvalue weighted by atomic mass is 10.1. The third kappa shape index (κ3) is 5.16. The van der Waals surface area contributed by atoms with Crippen molar-refractivity contribution in [3.63, 3.8) is 0 Å². The van der Waals surface area contributed by atoms with Crippen LogP contribution in [0.4, 0.5) is 11.5 Å². The van der Waals surface area contributed by atoms with Crippen LogP contribution in [0.2, 0.25) is 0 Å². The monoisotopic (exact) mass is 395 g/mol. The smallest absolute Gasteiger partial charge is 0.303 e. The second-order valence-electron chi connectivity index (χ2n) is 6.82. The highest BCUT2D eigenvalue weighted by atomic mass is 16.4. The fraction of sp³-hybridized carbons (Fsp3) is 0.250. The molecule has 2 amide bonds. The molecular weight excluding hydrogens is 374 g/mol. The zero-order valence-corrected chi connectivity index (χ0v) is 15.5. The molecule has 1 aromatic heterocycles. The number of aliphatic carboxylic acids is 1. The number of nitrogens with two attached hydrogens (primary N) is 1. The molecule has 0 saturated heterocycles. The topological polar surface area (TPSA) is 158 Å². The van der Waals surface area contributed by atoms with E-state index in [9.17, 15) is 14.4 Å². The number of aryl methyl sites for hydroxylation is 1. The zero-order valence-electron chi connectivity index (χ0n) is 15.5. The molecule has 1 aliphatic carbocycles. The largest absolute Gasteiger partial charge is 0.481 e. The van der Waals surface area contributed by atoms with Crippen LogP contribution in [-0.4, -0.2) is 33.7 Å². The lowest BCUT2D eigenvalue weighted by Crippen LogP contribution is -2.21. The molecule has 150 valence electrons. The molecule has 1 heterocycles. The first-order valence-electron chi connectivity index (χ1n) is 9.07. The number of amidine groups is 1. The van der Waals surface area contributed by atoms with Gasteiger partial charge in [0.05, 0.1) is 11.8 Å². The van der Waals surface area contributed by atoms with Crippen LogP contribution in [0, 0.1) is 17.2 Å². The van der Waals surface area contributed by atoms with E-state index in [4.69, 9.17) is 16.2 Å². The Balaban J connectivity index is 1.56. The maximum Gasteiger partial charge on any atom is 0.303 e. The van der Waals surface area contributed by atoms with Gasteiger partial charge in [0.1, 0.15) is 11.7 Å². The van der Waals surface area contributed by atoms with Crippen molar-refractivity contribution in [2.24, 2.45) is 17.6 Å². The molecule has 1 aliphatic rings. The number of nitrogen functional groups attached to an aromatic ring is 1. The molecule has 29 heavy (non-hydrogen) atoms. The number of carboxylic acid groups (broad SMARTS) is 1. The molecule has 9 heteroatoms. The normalized spacial score (nSPS) is 17.2. The van der Waals surface area contributed by atoms with Crippen LogP contribution in [0.25, 0.3) is 0 Å². The van der Waals surface area contributed by atoms with Gasteiger partial charge in [-0.05, 0) is 48.7 Å². The van der Waals surface area contributed by atoms with E-state index in [0.29, 0.717) is 29.1 Å². The van der Waals surface area contributed by atoms with E-state index in [2.05, 4.69) is 15.6 Å². The summed E-state index contributed by atoms with van der Waals surface area (Å²) in [6.45, 7) is 0. The van der Waals surface area contributed by atoms with E-state index >= 15 is 0 Å². The van der Waals surface area contributed by atoms with E-state index < -0.39 is 17.8 Å². The summed E-state index contributed by atoms with van der Waals surface area (Å²) < 4.78 is 0. The molecule has 0 radical (unpaired) electrons. The van der Waals surface area contributed by atoms with Crippen LogP contribution in [0.15, 0.2) is 42.6 Å². The van der Waals surface area contributed by atoms with Crippen molar-refractivity contribution in [2.75, 3.05) is 10.6 Å². The third-order valence-corrected chi connectivity index (χ3v) is 4.67. The summed E-state index contributed by atoms with van der Waals surface area (Å²) in [6, 6.07) is 9.96. The molecular formula is C20H21N5O4. The van der Waals surface area contributed by atoms with Crippen LogP contribution in [0.1, 0.15) is 24.0 Å². The van der Waals surface area contributed by atoms with Crippen molar-refractivity contribution in [2.45, 2.75) is 19.3 Å². The fourth-order valence-electron chi connectivity index (χ4n) is 2.95. The predicted octanol–water partition coefficient (Wildman–Crippen LogP) is 1.60. The lowest BCUT2D eigenvalue weighted by Gasteiger charge is -2.09. The molecule has 2 aromatic rings. The van der Waals surface area contributed by atoms with E-state index in [1.807, 2.05) is 0 Å². The van der Waals surface area contributed by atoms with Crippen molar-refractivity contribution in [3.8, 4) is 0 Å². The molecule has 0 bridgehead atoms. The number of carboxylic acids is 1. The first-order valence-corrected chi connectivity index (χ1v) is 9.07. The molecule has 1 aromatic carbocycles. The highest BCUT2D eigenvalue weighted by molar-refractivity contribution is 6.03. The van der Waals surface area contributed by atoms with E-state index in [0.717, 1.165) is 0 Å². The number of anilines is 2. The Hall–Kier alpha value is -3.75. The van der Waals surface area contributed by atoms with E-state index in [1.54, 1.807) is 36.4 Å². The van der Waals surface area contributed by atoms with Gasteiger partial charge < -0.3 is 21.5 Å². The summed E-state index contributed by atoms with van der Waals surface area (Å²) in [6.07, 6.45) is 2.14. The van der Waals surface area contributed by atoms with E-state index in [1.165, 1.54) is 6.20 Å². The summed E-state index contributed by atoms with van der Waals surface area (Å²) in [4.78, 5) is 39.7. The Morgan fingerprint density at radius 2 is 1.76 bits per heavy atom. The summed E-state index contributed by atoms with van der Waals surface area (Å²) in [7, 11) is 0. The second kappa shape index (κ2) is 8.51. The van der Waals surface area contributed by atoms with Gasteiger partial charge in [0, 0.05) is 23.9 Å². The minimum absolute atomic E-state index is 0.0564. The predicted molar refractivity (Wildman–Crippen MR) is 107 cm³/mol.